The van der Waals surface area contributed by atoms with Crippen LogP contribution in [0.15, 0.2) is 0 Å². The van der Waals surface area contributed by atoms with E-state index in [9.17, 15) is 19.8 Å². The predicted octanol–water partition coefficient (Wildman–Crippen LogP) is 10.6. The van der Waals surface area contributed by atoms with Crippen molar-refractivity contribution in [2.75, 3.05) is 0 Å². The Labute approximate surface area is 224 Å². The number of carbonyl (C=O) groups is 2. The molecule has 0 saturated heterocycles. The van der Waals surface area contributed by atoms with E-state index in [0.29, 0.717) is 0 Å². The summed E-state index contributed by atoms with van der Waals surface area (Å²) < 4.78 is 0. The van der Waals surface area contributed by atoms with E-state index in [4.69, 9.17) is 0 Å². The first kappa shape index (κ1) is 34.9. The molecule has 0 bridgehead atoms. The maximum atomic E-state index is 11.5. The molecule has 0 aliphatic rings. The van der Waals surface area contributed by atoms with Crippen LogP contribution in [0, 0.1) is 11.8 Å². The minimum atomic E-state index is -0.597. The van der Waals surface area contributed by atoms with Gasteiger partial charge in [0.25, 0.3) is 0 Å². The van der Waals surface area contributed by atoms with Crippen LogP contribution in [0.3, 0.4) is 0 Å². The van der Waals surface area contributed by atoms with Gasteiger partial charge in [0.1, 0.15) is 0 Å². The zero-order valence-electron chi connectivity index (χ0n) is 24.3. The van der Waals surface area contributed by atoms with Crippen molar-refractivity contribution in [3.05, 3.63) is 0 Å². The van der Waals surface area contributed by atoms with Crippen molar-refractivity contribution >= 4 is 11.9 Å². The van der Waals surface area contributed by atoms with Gasteiger partial charge in [0.2, 0.25) is 0 Å². The third-order valence-electron chi connectivity index (χ3n) is 7.87. The monoisotopic (exact) mass is 510 g/mol. The van der Waals surface area contributed by atoms with E-state index in [1.807, 2.05) is 0 Å². The third kappa shape index (κ3) is 23.3. The number of carboxylic acid groups (broad SMARTS) is 2. The molecule has 0 spiro atoms. The topological polar surface area (TPSA) is 74.6 Å². The van der Waals surface area contributed by atoms with Gasteiger partial charge in [-0.05, 0) is 25.7 Å². The Balaban J connectivity index is 3.58. The highest BCUT2D eigenvalue weighted by molar-refractivity contribution is 5.70. The number of hydrogen-bond donors (Lipinski definition) is 2. The molecule has 0 aromatic carbocycles. The predicted molar refractivity (Wildman–Crippen MR) is 154 cm³/mol. The lowest BCUT2D eigenvalue weighted by Crippen LogP contribution is -2.13. The molecule has 0 aliphatic carbocycles. The van der Waals surface area contributed by atoms with Gasteiger partial charge in [-0.2, -0.15) is 0 Å². The largest absolute Gasteiger partial charge is 0.481 e. The fraction of sp³-hybridized carbons (Fsp3) is 0.938. The van der Waals surface area contributed by atoms with E-state index in [2.05, 4.69) is 13.8 Å². The van der Waals surface area contributed by atoms with Crippen LogP contribution in [0.4, 0.5) is 0 Å². The van der Waals surface area contributed by atoms with Crippen molar-refractivity contribution in [2.24, 2.45) is 11.8 Å². The standard InChI is InChI=1S/C32H62O4/c1-3-5-7-9-17-21-25-29(31(33)34)27-23-19-15-13-11-12-14-16-20-24-28-30(32(35)36)26-22-18-10-8-6-4-2/h29-30H,3-28H2,1-2H3,(H,33,34)(H,35,36). The van der Waals surface area contributed by atoms with Gasteiger partial charge in [0, 0.05) is 0 Å². The summed E-state index contributed by atoms with van der Waals surface area (Å²) in [6, 6.07) is 0. The molecule has 2 unspecified atom stereocenters. The molecule has 0 rings (SSSR count). The lowest BCUT2D eigenvalue weighted by Gasteiger charge is -2.12. The Hall–Kier alpha value is -1.06. The Morgan fingerprint density at radius 1 is 0.389 bits per heavy atom. The average Bonchev–Trinajstić information content (AvgIpc) is 2.85. The van der Waals surface area contributed by atoms with Crippen LogP contribution >= 0.6 is 0 Å². The van der Waals surface area contributed by atoms with Gasteiger partial charge in [0.15, 0.2) is 0 Å². The Bertz CT molecular complexity index is 447. The smallest absolute Gasteiger partial charge is 0.306 e. The second-order valence-corrected chi connectivity index (χ2v) is 11.3. The van der Waals surface area contributed by atoms with E-state index >= 15 is 0 Å². The highest BCUT2D eigenvalue weighted by Gasteiger charge is 2.17. The summed E-state index contributed by atoms with van der Waals surface area (Å²) in [4.78, 5) is 23.0. The number of hydrogen-bond acceptors (Lipinski definition) is 2. The minimum Gasteiger partial charge on any atom is -0.481 e. The molecule has 214 valence electrons. The van der Waals surface area contributed by atoms with Gasteiger partial charge >= 0.3 is 11.9 Å². The summed E-state index contributed by atoms with van der Waals surface area (Å²) in [5, 5.41) is 19.0. The Morgan fingerprint density at radius 2 is 0.583 bits per heavy atom. The fourth-order valence-corrected chi connectivity index (χ4v) is 5.32. The maximum Gasteiger partial charge on any atom is 0.306 e. The molecule has 0 saturated carbocycles. The van der Waals surface area contributed by atoms with Gasteiger partial charge in [0.05, 0.1) is 11.8 Å². The van der Waals surface area contributed by atoms with Gasteiger partial charge in [-0.25, -0.2) is 0 Å². The quantitative estimate of drug-likeness (QED) is 0.0981. The number of aliphatic carboxylic acids is 2. The van der Waals surface area contributed by atoms with E-state index in [1.54, 1.807) is 0 Å². The normalized spacial score (nSPS) is 13.1. The number of unbranched alkanes of at least 4 members (excludes halogenated alkanes) is 19. The summed E-state index contributed by atoms with van der Waals surface area (Å²) in [6.07, 6.45) is 30.0. The molecule has 0 heterocycles. The molecule has 0 aromatic heterocycles. The van der Waals surface area contributed by atoms with E-state index < -0.39 is 11.9 Å². The van der Waals surface area contributed by atoms with E-state index in [0.717, 1.165) is 64.2 Å². The highest BCUT2D eigenvalue weighted by Crippen LogP contribution is 2.21. The molecule has 0 aliphatic heterocycles. The van der Waals surface area contributed by atoms with Crippen LogP contribution in [-0.4, -0.2) is 22.2 Å². The van der Waals surface area contributed by atoms with Crippen molar-refractivity contribution in [3.63, 3.8) is 0 Å². The first-order valence-corrected chi connectivity index (χ1v) is 16.0. The summed E-state index contributed by atoms with van der Waals surface area (Å²) in [5.74, 6) is -1.47. The molecule has 4 heteroatoms. The van der Waals surface area contributed by atoms with Crippen molar-refractivity contribution in [1.29, 1.82) is 0 Å². The van der Waals surface area contributed by atoms with Crippen molar-refractivity contribution in [1.82, 2.24) is 0 Å². The summed E-state index contributed by atoms with van der Waals surface area (Å²) in [5.41, 5.74) is 0. The molecule has 0 amide bonds. The number of rotatable bonds is 29. The molecule has 4 nitrogen and oxygen atoms in total. The number of carboxylic acids is 2. The van der Waals surface area contributed by atoms with Gasteiger partial charge in [-0.1, -0.05) is 155 Å². The van der Waals surface area contributed by atoms with Gasteiger partial charge in [-0.15, -0.1) is 0 Å². The zero-order valence-corrected chi connectivity index (χ0v) is 24.3. The summed E-state index contributed by atoms with van der Waals surface area (Å²) in [6.45, 7) is 4.44. The van der Waals surface area contributed by atoms with Crippen LogP contribution in [-0.2, 0) is 9.59 Å². The SMILES string of the molecule is CCCCCCCCC(CCCCCCCCCCCCC(CCCCCCCC)C(=O)O)C(=O)O. The van der Waals surface area contributed by atoms with E-state index in [-0.39, 0.29) is 11.8 Å². The lowest BCUT2D eigenvalue weighted by molar-refractivity contribution is -0.143. The van der Waals surface area contributed by atoms with Crippen LogP contribution in [0.2, 0.25) is 0 Å². The molecule has 0 aromatic rings. The summed E-state index contributed by atoms with van der Waals surface area (Å²) >= 11 is 0. The lowest BCUT2D eigenvalue weighted by atomic mass is 9.94. The highest BCUT2D eigenvalue weighted by atomic mass is 16.4. The first-order valence-electron chi connectivity index (χ1n) is 16.0. The Kier molecular flexibility index (Phi) is 26.2. The van der Waals surface area contributed by atoms with Gasteiger partial charge in [-0.3, -0.25) is 9.59 Å². The molecule has 0 fully saturated rings. The van der Waals surface area contributed by atoms with Crippen LogP contribution < -0.4 is 0 Å². The second-order valence-electron chi connectivity index (χ2n) is 11.3. The Morgan fingerprint density at radius 3 is 0.778 bits per heavy atom. The molecule has 2 N–H and O–H groups in total. The van der Waals surface area contributed by atoms with Gasteiger partial charge < -0.3 is 10.2 Å². The molecule has 36 heavy (non-hydrogen) atoms. The zero-order chi connectivity index (χ0) is 26.7. The fourth-order valence-electron chi connectivity index (χ4n) is 5.32. The maximum absolute atomic E-state index is 11.5. The van der Waals surface area contributed by atoms with Crippen molar-refractivity contribution in [3.8, 4) is 0 Å². The molecule has 0 radical (unpaired) electrons. The molecule has 2 atom stereocenters. The van der Waals surface area contributed by atoms with E-state index in [1.165, 1.54) is 103 Å². The first-order chi connectivity index (χ1) is 17.5. The van der Waals surface area contributed by atoms with Crippen molar-refractivity contribution in [2.45, 2.75) is 181 Å². The molecular weight excluding hydrogens is 448 g/mol. The molecular formula is C32H62O4. The van der Waals surface area contributed by atoms with Crippen LogP contribution in [0.5, 0.6) is 0 Å². The third-order valence-corrected chi connectivity index (χ3v) is 7.87. The average molecular weight is 511 g/mol. The second kappa shape index (κ2) is 27.0. The summed E-state index contributed by atoms with van der Waals surface area (Å²) in [7, 11) is 0. The van der Waals surface area contributed by atoms with Crippen molar-refractivity contribution < 1.29 is 19.8 Å². The van der Waals surface area contributed by atoms with Crippen LogP contribution in [0.1, 0.15) is 181 Å². The minimum absolute atomic E-state index is 0.136. The van der Waals surface area contributed by atoms with Crippen LogP contribution in [0.25, 0.3) is 0 Å².